The highest BCUT2D eigenvalue weighted by atomic mass is 32.1. The number of benzene rings is 1. The summed E-state index contributed by atoms with van der Waals surface area (Å²) in [5, 5.41) is 4.50. The van der Waals surface area contributed by atoms with Crippen LogP contribution in [0.3, 0.4) is 0 Å². The zero-order valence-corrected chi connectivity index (χ0v) is 10.2. The van der Waals surface area contributed by atoms with Crippen molar-refractivity contribution < 1.29 is 9.59 Å². The monoisotopic (exact) mass is 261 g/mol. The van der Waals surface area contributed by atoms with E-state index in [1.165, 1.54) is 11.3 Å². The lowest BCUT2D eigenvalue weighted by molar-refractivity contribution is 0.0954. The van der Waals surface area contributed by atoms with E-state index in [0.717, 1.165) is 0 Å². The summed E-state index contributed by atoms with van der Waals surface area (Å²) in [5.41, 5.74) is 2.80. The Labute approximate surface area is 108 Å². The number of rotatable bonds is 3. The number of para-hydroxylation sites is 1. The van der Waals surface area contributed by atoms with Crippen molar-refractivity contribution >= 4 is 28.8 Å². The van der Waals surface area contributed by atoms with Crippen molar-refractivity contribution in [3.8, 4) is 0 Å². The van der Waals surface area contributed by atoms with Gasteiger partial charge in [-0.3, -0.25) is 15.0 Å². The first kappa shape index (κ1) is 12.3. The Morgan fingerprint density at radius 1 is 1.06 bits per heavy atom. The summed E-state index contributed by atoms with van der Waals surface area (Å²) < 4.78 is 0. The minimum Gasteiger partial charge on any atom is -0.321 e. The summed E-state index contributed by atoms with van der Waals surface area (Å²) in [5.74, 6) is 4.39. The maximum Gasteiger partial charge on any atom is 0.267 e. The standard InChI is InChI=1S/C12H11N3O2S/c13-15-11(16)8-4-1-2-5-9(8)14-12(17)10-6-3-7-18-10/h1-7H,13H2,(H,14,17)(H,15,16). The Morgan fingerprint density at radius 2 is 1.83 bits per heavy atom. The number of nitrogen functional groups attached to an aromatic ring is 1. The molecule has 1 heterocycles. The first-order valence-electron chi connectivity index (χ1n) is 5.17. The van der Waals surface area contributed by atoms with E-state index in [0.29, 0.717) is 16.1 Å². The average Bonchev–Trinajstić information content (AvgIpc) is 2.92. The van der Waals surface area contributed by atoms with Crippen LogP contribution in [0.4, 0.5) is 5.69 Å². The third-order valence-corrected chi connectivity index (χ3v) is 3.16. The quantitative estimate of drug-likeness (QED) is 0.446. The van der Waals surface area contributed by atoms with Crippen molar-refractivity contribution in [3.05, 3.63) is 52.2 Å². The molecule has 0 radical (unpaired) electrons. The second kappa shape index (κ2) is 5.44. The third-order valence-electron chi connectivity index (χ3n) is 2.30. The van der Waals surface area contributed by atoms with Gasteiger partial charge in [-0.1, -0.05) is 18.2 Å². The number of thiophene rings is 1. The van der Waals surface area contributed by atoms with Crippen molar-refractivity contribution in [2.24, 2.45) is 5.84 Å². The first-order valence-corrected chi connectivity index (χ1v) is 6.05. The number of carbonyl (C=O) groups excluding carboxylic acids is 2. The van der Waals surface area contributed by atoms with E-state index in [2.05, 4.69) is 5.32 Å². The third kappa shape index (κ3) is 2.55. The zero-order valence-electron chi connectivity index (χ0n) is 9.34. The summed E-state index contributed by atoms with van der Waals surface area (Å²) in [6.07, 6.45) is 0. The molecule has 0 aliphatic heterocycles. The van der Waals surface area contributed by atoms with Crippen LogP contribution in [0.5, 0.6) is 0 Å². The molecule has 0 saturated heterocycles. The van der Waals surface area contributed by atoms with Crippen LogP contribution < -0.4 is 16.6 Å². The molecule has 2 rings (SSSR count). The van der Waals surface area contributed by atoms with E-state index in [1.54, 1.807) is 36.4 Å². The Hall–Kier alpha value is -2.18. The first-order chi connectivity index (χ1) is 8.72. The number of hydrazine groups is 1. The van der Waals surface area contributed by atoms with Crippen LogP contribution in [0.25, 0.3) is 0 Å². The van der Waals surface area contributed by atoms with Gasteiger partial charge in [0.25, 0.3) is 11.8 Å². The van der Waals surface area contributed by atoms with E-state index in [1.807, 2.05) is 10.8 Å². The molecule has 0 atom stereocenters. The fourth-order valence-electron chi connectivity index (χ4n) is 1.46. The van der Waals surface area contributed by atoms with Crippen LogP contribution in [0.1, 0.15) is 20.0 Å². The molecule has 5 nitrogen and oxygen atoms in total. The molecule has 0 aliphatic rings. The summed E-state index contributed by atoms with van der Waals surface area (Å²) in [6, 6.07) is 10.2. The van der Waals surface area contributed by atoms with Gasteiger partial charge in [0.05, 0.1) is 16.1 Å². The molecule has 0 bridgehead atoms. The number of nitrogens with one attached hydrogen (secondary N) is 2. The summed E-state index contributed by atoms with van der Waals surface area (Å²) in [4.78, 5) is 24.0. The highest BCUT2D eigenvalue weighted by molar-refractivity contribution is 7.12. The molecule has 92 valence electrons. The largest absolute Gasteiger partial charge is 0.321 e. The highest BCUT2D eigenvalue weighted by Gasteiger charge is 2.13. The highest BCUT2D eigenvalue weighted by Crippen LogP contribution is 2.17. The molecule has 0 spiro atoms. The summed E-state index contributed by atoms with van der Waals surface area (Å²) >= 11 is 1.33. The van der Waals surface area contributed by atoms with Crippen LogP contribution in [-0.2, 0) is 0 Å². The maximum atomic E-state index is 11.9. The number of carbonyl (C=O) groups is 2. The maximum absolute atomic E-state index is 11.9. The zero-order chi connectivity index (χ0) is 13.0. The molecule has 2 amide bonds. The molecule has 18 heavy (non-hydrogen) atoms. The molecule has 1 aromatic heterocycles. The number of hydrogen-bond donors (Lipinski definition) is 3. The van der Waals surface area contributed by atoms with Crippen LogP contribution in [0.2, 0.25) is 0 Å². The van der Waals surface area contributed by atoms with Crippen molar-refractivity contribution in [2.75, 3.05) is 5.32 Å². The second-order valence-electron chi connectivity index (χ2n) is 3.45. The number of nitrogens with two attached hydrogens (primary N) is 1. The molecular weight excluding hydrogens is 250 g/mol. The van der Waals surface area contributed by atoms with Gasteiger partial charge in [0.2, 0.25) is 0 Å². The fourth-order valence-corrected chi connectivity index (χ4v) is 2.08. The minimum absolute atomic E-state index is 0.248. The normalized spacial score (nSPS) is 9.83. The molecular formula is C12H11N3O2S. The van der Waals surface area contributed by atoms with E-state index >= 15 is 0 Å². The average molecular weight is 261 g/mol. The second-order valence-corrected chi connectivity index (χ2v) is 4.40. The Kier molecular flexibility index (Phi) is 3.71. The Balaban J connectivity index is 2.24. The lowest BCUT2D eigenvalue weighted by atomic mass is 10.1. The van der Waals surface area contributed by atoms with Crippen LogP contribution in [-0.4, -0.2) is 11.8 Å². The van der Waals surface area contributed by atoms with E-state index in [9.17, 15) is 9.59 Å². The molecule has 0 saturated carbocycles. The summed E-state index contributed by atoms with van der Waals surface area (Å²) in [6.45, 7) is 0. The Bertz CT molecular complexity index is 566. The van der Waals surface area contributed by atoms with E-state index in [-0.39, 0.29) is 5.91 Å². The number of anilines is 1. The van der Waals surface area contributed by atoms with Gasteiger partial charge in [-0.15, -0.1) is 11.3 Å². The van der Waals surface area contributed by atoms with Gasteiger partial charge >= 0.3 is 0 Å². The van der Waals surface area contributed by atoms with Gasteiger partial charge in [0.1, 0.15) is 0 Å². The summed E-state index contributed by atoms with van der Waals surface area (Å²) in [7, 11) is 0. The van der Waals surface area contributed by atoms with E-state index in [4.69, 9.17) is 5.84 Å². The molecule has 0 unspecified atom stereocenters. The molecule has 1 aromatic carbocycles. The number of hydrogen-bond acceptors (Lipinski definition) is 4. The molecule has 0 aliphatic carbocycles. The van der Waals surface area contributed by atoms with Crippen molar-refractivity contribution in [1.82, 2.24) is 5.43 Å². The van der Waals surface area contributed by atoms with Crippen LogP contribution in [0, 0.1) is 0 Å². The predicted molar refractivity (Wildman–Crippen MR) is 70.4 cm³/mol. The van der Waals surface area contributed by atoms with E-state index < -0.39 is 5.91 Å². The van der Waals surface area contributed by atoms with Gasteiger partial charge in [-0.05, 0) is 23.6 Å². The Morgan fingerprint density at radius 3 is 2.50 bits per heavy atom. The lowest BCUT2D eigenvalue weighted by Crippen LogP contribution is -2.31. The number of amides is 2. The lowest BCUT2D eigenvalue weighted by Gasteiger charge is -2.08. The van der Waals surface area contributed by atoms with Gasteiger partial charge in [0.15, 0.2) is 0 Å². The molecule has 0 fully saturated rings. The predicted octanol–water partition coefficient (Wildman–Crippen LogP) is 1.60. The van der Waals surface area contributed by atoms with Crippen LogP contribution in [0.15, 0.2) is 41.8 Å². The smallest absolute Gasteiger partial charge is 0.267 e. The van der Waals surface area contributed by atoms with Crippen molar-refractivity contribution in [3.63, 3.8) is 0 Å². The minimum atomic E-state index is -0.447. The van der Waals surface area contributed by atoms with Crippen molar-refractivity contribution in [2.45, 2.75) is 0 Å². The molecule has 4 N–H and O–H groups in total. The fraction of sp³-hybridized carbons (Fsp3) is 0. The topological polar surface area (TPSA) is 84.2 Å². The van der Waals surface area contributed by atoms with Gasteiger partial charge in [0, 0.05) is 0 Å². The van der Waals surface area contributed by atoms with Crippen molar-refractivity contribution in [1.29, 1.82) is 0 Å². The molecule has 2 aromatic rings. The van der Waals surface area contributed by atoms with Gasteiger partial charge in [-0.2, -0.15) is 0 Å². The van der Waals surface area contributed by atoms with Gasteiger partial charge < -0.3 is 5.32 Å². The van der Waals surface area contributed by atoms with Crippen LogP contribution >= 0.6 is 11.3 Å². The SMILES string of the molecule is NNC(=O)c1ccccc1NC(=O)c1cccs1. The molecule has 6 heteroatoms. The van der Waals surface area contributed by atoms with Gasteiger partial charge in [-0.25, -0.2) is 5.84 Å².